The number of piperidine rings is 1. The van der Waals surface area contributed by atoms with Gasteiger partial charge in [0.05, 0.1) is 12.7 Å². The molecule has 0 amide bonds. The molecule has 1 atom stereocenters. The maximum atomic E-state index is 5.70. The van der Waals surface area contributed by atoms with Crippen LogP contribution < -0.4 is 10.6 Å². The van der Waals surface area contributed by atoms with Gasteiger partial charge in [0.1, 0.15) is 0 Å². The monoisotopic (exact) mass is 496 g/mol. The molecule has 0 aromatic carbocycles. The molecule has 0 saturated carbocycles. The Balaban J connectivity index is 0.00000364. The zero-order valence-corrected chi connectivity index (χ0v) is 19.7. The number of aliphatic imine (C=N–C) groups is 1. The van der Waals surface area contributed by atoms with E-state index in [2.05, 4.69) is 34.4 Å². The Labute approximate surface area is 183 Å². The molecule has 7 heteroatoms. The third-order valence-electron chi connectivity index (χ3n) is 5.39. The van der Waals surface area contributed by atoms with Crippen molar-refractivity contribution in [2.75, 3.05) is 59.1 Å². The van der Waals surface area contributed by atoms with Crippen molar-refractivity contribution in [3.8, 4) is 0 Å². The summed E-state index contributed by atoms with van der Waals surface area (Å²) in [5.74, 6) is 1.80. The molecule has 2 aliphatic heterocycles. The van der Waals surface area contributed by atoms with E-state index in [0.717, 1.165) is 64.2 Å². The molecule has 2 aliphatic rings. The topological polar surface area (TPSA) is 58.1 Å². The lowest BCUT2D eigenvalue weighted by Gasteiger charge is -2.31. The highest BCUT2D eigenvalue weighted by atomic mass is 127. The maximum Gasteiger partial charge on any atom is 0.191 e. The van der Waals surface area contributed by atoms with Crippen molar-refractivity contribution in [2.24, 2.45) is 10.9 Å². The Hall–Kier alpha value is -0.120. The first-order chi connectivity index (χ1) is 12.8. The van der Waals surface area contributed by atoms with Crippen LogP contribution in [0.25, 0.3) is 0 Å². The number of guanidine groups is 1. The van der Waals surface area contributed by atoms with E-state index in [1.165, 1.54) is 45.3 Å². The minimum Gasteiger partial charge on any atom is -0.379 e. The molecule has 2 fully saturated rings. The highest BCUT2D eigenvalue weighted by Gasteiger charge is 2.17. The van der Waals surface area contributed by atoms with Gasteiger partial charge >= 0.3 is 0 Å². The van der Waals surface area contributed by atoms with Gasteiger partial charge in [0, 0.05) is 32.8 Å². The van der Waals surface area contributed by atoms with Crippen LogP contribution in [0.2, 0.25) is 0 Å². The van der Waals surface area contributed by atoms with E-state index in [9.17, 15) is 0 Å². The van der Waals surface area contributed by atoms with E-state index < -0.39 is 0 Å². The molecule has 2 rings (SSSR count). The summed E-state index contributed by atoms with van der Waals surface area (Å²) in [7, 11) is 0. The van der Waals surface area contributed by atoms with Crippen molar-refractivity contribution in [3.05, 3.63) is 0 Å². The molecule has 1 unspecified atom stereocenters. The summed E-state index contributed by atoms with van der Waals surface area (Å²) in [5.41, 5.74) is 0. The number of nitrogens with one attached hydrogen (secondary N) is 2. The molecule has 160 valence electrons. The van der Waals surface area contributed by atoms with Gasteiger partial charge < -0.3 is 25.0 Å². The second kappa shape index (κ2) is 15.8. The van der Waals surface area contributed by atoms with Gasteiger partial charge in [0.25, 0.3) is 0 Å². The third-order valence-corrected chi connectivity index (χ3v) is 5.39. The lowest BCUT2D eigenvalue weighted by Crippen LogP contribution is -2.39. The van der Waals surface area contributed by atoms with E-state index in [0.29, 0.717) is 6.10 Å². The van der Waals surface area contributed by atoms with Crippen LogP contribution in [0.4, 0.5) is 0 Å². The van der Waals surface area contributed by atoms with E-state index in [-0.39, 0.29) is 24.0 Å². The Morgan fingerprint density at radius 1 is 1.19 bits per heavy atom. The second-order valence-electron chi connectivity index (χ2n) is 7.42. The predicted octanol–water partition coefficient (Wildman–Crippen LogP) is 2.87. The molecule has 0 radical (unpaired) electrons. The third kappa shape index (κ3) is 10.9. The lowest BCUT2D eigenvalue weighted by molar-refractivity contribution is 0.0171. The molecule has 0 bridgehead atoms. The summed E-state index contributed by atoms with van der Waals surface area (Å²) in [6.07, 6.45) is 7.52. The number of nitrogens with zero attached hydrogens (tertiary/aromatic N) is 2. The number of ether oxygens (including phenoxy) is 2. The SMILES string of the molecule is CCNC(=NCCCOCC1CCCO1)NCCC1CCN(CC)CC1.I. The maximum absolute atomic E-state index is 5.70. The fourth-order valence-corrected chi connectivity index (χ4v) is 3.68. The number of hydrogen-bond donors (Lipinski definition) is 2. The Morgan fingerprint density at radius 2 is 2.00 bits per heavy atom. The molecule has 0 aromatic rings. The van der Waals surface area contributed by atoms with Crippen molar-refractivity contribution in [2.45, 2.75) is 58.5 Å². The molecule has 2 heterocycles. The molecule has 2 saturated heterocycles. The Bertz CT molecular complexity index is 384. The highest BCUT2D eigenvalue weighted by Crippen LogP contribution is 2.19. The first kappa shape index (κ1) is 24.9. The van der Waals surface area contributed by atoms with Gasteiger partial charge in [-0.3, -0.25) is 4.99 Å². The minimum atomic E-state index is 0. The van der Waals surface area contributed by atoms with Crippen LogP contribution in [0, 0.1) is 5.92 Å². The van der Waals surface area contributed by atoms with Crippen LogP contribution in [0.1, 0.15) is 52.4 Å². The Morgan fingerprint density at radius 3 is 2.67 bits per heavy atom. The summed E-state index contributed by atoms with van der Waals surface area (Å²) in [6.45, 7) is 13.2. The van der Waals surface area contributed by atoms with Crippen molar-refractivity contribution in [1.29, 1.82) is 0 Å². The minimum absolute atomic E-state index is 0. The van der Waals surface area contributed by atoms with E-state index >= 15 is 0 Å². The van der Waals surface area contributed by atoms with E-state index in [1.54, 1.807) is 0 Å². The number of halogens is 1. The van der Waals surface area contributed by atoms with E-state index in [1.807, 2.05) is 0 Å². The summed E-state index contributed by atoms with van der Waals surface area (Å²) < 4.78 is 11.3. The van der Waals surface area contributed by atoms with Crippen molar-refractivity contribution >= 4 is 29.9 Å². The van der Waals surface area contributed by atoms with Crippen LogP contribution in [-0.4, -0.2) is 76.1 Å². The lowest BCUT2D eigenvalue weighted by atomic mass is 9.93. The van der Waals surface area contributed by atoms with Gasteiger partial charge in [0.2, 0.25) is 0 Å². The zero-order chi connectivity index (χ0) is 18.5. The molecule has 2 N–H and O–H groups in total. The first-order valence-corrected chi connectivity index (χ1v) is 10.8. The smallest absolute Gasteiger partial charge is 0.191 e. The van der Waals surface area contributed by atoms with Crippen molar-refractivity contribution in [1.82, 2.24) is 15.5 Å². The van der Waals surface area contributed by atoms with Gasteiger partial charge in [-0.1, -0.05) is 6.92 Å². The molecule has 0 aromatic heterocycles. The van der Waals surface area contributed by atoms with Gasteiger partial charge in [-0.2, -0.15) is 0 Å². The average Bonchev–Trinajstić information content (AvgIpc) is 3.18. The van der Waals surface area contributed by atoms with Gasteiger partial charge in [0.15, 0.2) is 5.96 Å². The van der Waals surface area contributed by atoms with Crippen LogP contribution in [0.15, 0.2) is 4.99 Å². The normalized spacial score (nSPS) is 21.9. The molecular formula is C20H41IN4O2. The summed E-state index contributed by atoms with van der Waals surface area (Å²) >= 11 is 0. The molecule has 27 heavy (non-hydrogen) atoms. The highest BCUT2D eigenvalue weighted by molar-refractivity contribution is 14.0. The van der Waals surface area contributed by atoms with Gasteiger partial charge in [-0.15, -0.1) is 24.0 Å². The van der Waals surface area contributed by atoms with Crippen LogP contribution in [-0.2, 0) is 9.47 Å². The molecule has 6 nitrogen and oxygen atoms in total. The number of likely N-dealkylation sites (tertiary alicyclic amines) is 1. The van der Waals surface area contributed by atoms with Gasteiger partial charge in [-0.25, -0.2) is 0 Å². The second-order valence-corrected chi connectivity index (χ2v) is 7.42. The quantitative estimate of drug-likeness (QED) is 0.200. The average molecular weight is 496 g/mol. The zero-order valence-electron chi connectivity index (χ0n) is 17.4. The number of hydrogen-bond acceptors (Lipinski definition) is 4. The largest absolute Gasteiger partial charge is 0.379 e. The first-order valence-electron chi connectivity index (χ1n) is 10.8. The van der Waals surface area contributed by atoms with Crippen LogP contribution in [0.3, 0.4) is 0 Å². The Kier molecular flexibility index (Phi) is 14.5. The molecule has 0 spiro atoms. The van der Waals surface area contributed by atoms with E-state index in [4.69, 9.17) is 9.47 Å². The van der Waals surface area contributed by atoms with Crippen molar-refractivity contribution in [3.63, 3.8) is 0 Å². The van der Waals surface area contributed by atoms with Crippen LogP contribution >= 0.6 is 24.0 Å². The van der Waals surface area contributed by atoms with Crippen LogP contribution in [0.5, 0.6) is 0 Å². The fraction of sp³-hybridized carbons (Fsp3) is 0.950. The summed E-state index contributed by atoms with van der Waals surface area (Å²) in [4.78, 5) is 7.22. The predicted molar refractivity (Wildman–Crippen MR) is 123 cm³/mol. The van der Waals surface area contributed by atoms with Crippen molar-refractivity contribution < 1.29 is 9.47 Å². The molecular weight excluding hydrogens is 455 g/mol. The number of rotatable bonds is 11. The standard InChI is InChI=1S/C20H40N4O2.HI/c1-3-21-20(22-11-6-15-25-17-19-7-5-16-26-19)23-12-8-18-9-13-24(4-2)14-10-18;/h18-19H,3-17H2,1-2H3,(H2,21,22,23);1H. The summed E-state index contributed by atoms with van der Waals surface area (Å²) in [5, 5.41) is 6.84. The summed E-state index contributed by atoms with van der Waals surface area (Å²) in [6, 6.07) is 0. The van der Waals surface area contributed by atoms with Gasteiger partial charge in [-0.05, 0) is 71.0 Å². The molecule has 0 aliphatic carbocycles. The fourth-order valence-electron chi connectivity index (χ4n) is 3.68.